The van der Waals surface area contributed by atoms with E-state index >= 15 is 0 Å². The molecule has 1 unspecified atom stereocenters. The molecule has 0 spiro atoms. The van der Waals surface area contributed by atoms with Crippen molar-refractivity contribution < 1.29 is 0 Å². The van der Waals surface area contributed by atoms with Gasteiger partial charge in [0.1, 0.15) is 0 Å². The summed E-state index contributed by atoms with van der Waals surface area (Å²) < 4.78 is 0. The fraction of sp³-hybridized carbons (Fsp3) is 1.00. The molecule has 1 atom stereocenters. The van der Waals surface area contributed by atoms with E-state index in [4.69, 9.17) is 0 Å². The summed E-state index contributed by atoms with van der Waals surface area (Å²) in [6.45, 7) is 4.82. The van der Waals surface area contributed by atoms with Crippen molar-refractivity contribution in [2.45, 2.75) is 45.4 Å². The molecule has 1 saturated heterocycles. The number of hydrogen-bond acceptors (Lipinski definition) is 1. The average molecular weight is 155 g/mol. The molecule has 66 valence electrons. The molecule has 11 heavy (non-hydrogen) atoms. The fourth-order valence-electron chi connectivity index (χ4n) is 1.84. The third-order valence-corrected chi connectivity index (χ3v) is 2.77. The van der Waals surface area contributed by atoms with E-state index in [-0.39, 0.29) is 0 Å². The van der Waals surface area contributed by atoms with Gasteiger partial charge in [0.05, 0.1) is 0 Å². The van der Waals surface area contributed by atoms with Crippen molar-refractivity contribution in [3.63, 3.8) is 0 Å². The zero-order chi connectivity index (χ0) is 7.94. The van der Waals surface area contributed by atoms with Gasteiger partial charge in [0.2, 0.25) is 0 Å². The first-order valence-corrected chi connectivity index (χ1v) is 5.14. The van der Waals surface area contributed by atoms with E-state index in [0.29, 0.717) is 0 Å². The maximum atomic E-state index is 3.49. The molecule has 0 bridgehead atoms. The fourth-order valence-corrected chi connectivity index (χ4v) is 1.84. The van der Waals surface area contributed by atoms with E-state index in [9.17, 15) is 0 Å². The van der Waals surface area contributed by atoms with Crippen LogP contribution in [0.2, 0.25) is 0 Å². The monoisotopic (exact) mass is 155 g/mol. The van der Waals surface area contributed by atoms with Gasteiger partial charge in [0, 0.05) is 0 Å². The van der Waals surface area contributed by atoms with Crippen molar-refractivity contribution in [1.29, 1.82) is 0 Å². The minimum Gasteiger partial charge on any atom is -0.317 e. The molecular formula is C10H21N. The summed E-state index contributed by atoms with van der Waals surface area (Å²) in [7, 11) is 0. The van der Waals surface area contributed by atoms with Gasteiger partial charge in [-0.3, -0.25) is 0 Å². The molecule has 1 fully saturated rings. The summed E-state index contributed by atoms with van der Waals surface area (Å²) in [5.74, 6) is 1.00. The predicted molar refractivity (Wildman–Crippen MR) is 49.7 cm³/mol. The Bertz CT molecular complexity index is 80.9. The molecule has 0 radical (unpaired) electrons. The molecule has 0 amide bonds. The lowest BCUT2D eigenvalue weighted by Gasteiger charge is -2.12. The Balaban J connectivity index is 2.19. The Labute approximate surface area is 70.6 Å². The highest BCUT2D eigenvalue weighted by Crippen LogP contribution is 2.17. The summed E-state index contributed by atoms with van der Waals surface area (Å²) >= 11 is 0. The highest BCUT2D eigenvalue weighted by atomic mass is 14.8. The molecule has 1 rings (SSSR count). The van der Waals surface area contributed by atoms with Crippen LogP contribution in [-0.2, 0) is 0 Å². The Morgan fingerprint density at radius 1 is 1.09 bits per heavy atom. The minimum absolute atomic E-state index is 1.00. The van der Waals surface area contributed by atoms with E-state index < -0.39 is 0 Å². The van der Waals surface area contributed by atoms with E-state index in [2.05, 4.69) is 12.2 Å². The second kappa shape index (κ2) is 5.59. The maximum absolute atomic E-state index is 3.49. The van der Waals surface area contributed by atoms with Crippen LogP contribution in [0.4, 0.5) is 0 Å². The second-order valence-electron chi connectivity index (χ2n) is 3.66. The minimum atomic E-state index is 1.00. The van der Waals surface area contributed by atoms with Crippen LogP contribution in [0.5, 0.6) is 0 Å². The van der Waals surface area contributed by atoms with Gasteiger partial charge in [-0.25, -0.2) is 0 Å². The van der Waals surface area contributed by atoms with Gasteiger partial charge in [-0.2, -0.15) is 0 Å². The van der Waals surface area contributed by atoms with Crippen LogP contribution >= 0.6 is 0 Å². The molecule has 0 aromatic rings. The second-order valence-corrected chi connectivity index (χ2v) is 3.66. The summed E-state index contributed by atoms with van der Waals surface area (Å²) in [5, 5.41) is 3.49. The maximum Gasteiger partial charge on any atom is -0.00463 e. The largest absolute Gasteiger partial charge is 0.317 e. The number of hydrogen-bond donors (Lipinski definition) is 1. The molecule has 0 aromatic carbocycles. The van der Waals surface area contributed by atoms with Gasteiger partial charge in [0.25, 0.3) is 0 Å². The standard InChI is InChI=1S/C10H21N/c1-2-10-6-4-3-5-8-11-9-7-10/h10-11H,2-9H2,1H3. The summed E-state index contributed by atoms with van der Waals surface area (Å²) in [6, 6.07) is 0. The highest BCUT2D eigenvalue weighted by Gasteiger charge is 2.06. The van der Waals surface area contributed by atoms with Crippen molar-refractivity contribution in [2.75, 3.05) is 13.1 Å². The van der Waals surface area contributed by atoms with Gasteiger partial charge >= 0.3 is 0 Å². The topological polar surface area (TPSA) is 12.0 Å². The lowest BCUT2D eigenvalue weighted by molar-refractivity contribution is 0.424. The zero-order valence-electron chi connectivity index (χ0n) is 7.73. The van der Waals surface area contributed by atoms with Crippen molar-refractivity contribution in [2.24, 2.45) is 5.92 Å². The quantitative estimate of drug-likeness (QED) is 0.613. The first kappa shape index (κ1) is 9.05. The van der Waals surface area contributed by atoms with Crippen molar-refractivity contribution in [3.8, 4) is 0 Å². The third kappa shape index (κ3) is 3.76. The molecule has 1 heteroatoms. The van der Waals surface area contributed by atoms with E-state index in [1.54, 1.807) is 0 Å². The van der Waals surface area contributed by atoms with Crippen LogP contribution < -0.4 is 5.32 Å². The van der Waals surface area contributed by atoms with Crippen LogP contribution in [0.1, 0.15) is 45.4 Å². The molecule has 0 saturated carbocycles. The first-order valence-electron chi connectivity index (χ1n) is 5.14. The lowest BCUT2D eigenvalue weighted by atomic mass is 9.96. The number of nitrogens with one attached hydrogen (secondary N) is 1. The van der Waals surface area contributed by atoms with Crippen LogP contribution in [-0.4, -0.2) is 13.1 Å². The zero-order valence-corrected chi connectivity index (χ0v) is 7.73. The van der Waals surface area contributed by atoms with Crippen LogP contribution in [0, 0.1) is 5.92 Å². The van der Waals surface area contributed by atoms with Crippen LogP contribution in [0.25, 0.3) is 0 Å². The van der Waals surface area contributed by atoms with Crippen molar-refractivity contribution in [3.05, 3.63) is 0 Å². The molecule has 0 aromatic heterocycles. The molecule has 0 aliphatic carbocycles. The Hall–Kier alpha value is -0.0400. The Morgan fingerprint density at radius 3 is 2.82 bits per heavy atom. The van der Waals surface area contributed by atoms with Crippen molar-refractivity contribution in [1.82, 2.24) is 5.32 Å². The normalized spacial score (nSPS) is 28.6. The molecular weight excluding hydrogens is 134 g/mol. The SMILES string of the molecule is CCC1CCCCCNCC1. The number of rotatable bonds is 1. The van der Waals surface area contributed by atoms with Gasteiger partial charge in [-0.05, 0) is 31.8 Å². The van der Waals surface area contributed by atoms with Gasteiger partial charge in [0.15, 0.2) is 0 Å². The van der Waals surface area contributed by atoms with E-state index in [1.807, 2.05) is 0 Å². The highest BCUT2D eigenvalue weighted by molar-refractivity contribution is 4.62. The van der Waals surface area contributed by atoms with Crippen molar-refractivity contribution >= 4 is 0 Å². The third-order valence-electron chi connectivity index (χ3n) is 2.77. The van der Waals surface area contributed by atoms with E-state index in [0.717, 1.165) is 5.92 Å². The Morgan fingerprint density at radius 2 is 2.00 bits per heavy atom. The molecule has 1 heterocycles. The molecule has 1 N–H and O–H groups in total. The average Bonchev–Trinajstić information content (AvgIpc) is 2.16. The lowest BCUT2D eigenvalue weighted by Crippen LogP contribution is -2.17. The smallest absolute Gasteiger partial charge is 0.00463 e. The van der Waals surface area contributed by atoms with Crippen LogP contribution in [0.3, 0.4) is 0 Å². The van der Waals surface area contributed by atoms with Gasteiger partial charge < -0.3 is 5.32 Å². The van der Waals surface area contributed by atoms with Gasteiger partial charge in [-0.1, -0.05) is 32.6 Å². The molecule has 1 nitrogen and oxygen atoms in total. The van der Waals surface area contributed by atoms with Gasteiger partial charge in [-0.15, -0.1) is 0 Å². The molecule has 1 aliphatic rings. The predicted octanol–water partition coefficient (Wildman–Crippen LogP) is 2.57. The summed E-state index contributed by atoms with van der Waals surface area (Å²) in [4.78, 5) is 0. The Kier molecular flexibility index (Phi) is 4.60. The summed E-state index contributed by atoms with van der Waals surface area (Å²) in [5.41, 5.74) is 0. The molecule has 1 aliphatic heterocycles. The first-order chi connectivity index (χ1) is 5.43. The summed E-state index contributed by atoms with van der Waals surface area (Å²) in [6.07, 6.45) is 8.52. The van der Waals surface area contributed by atoms with E-state index in [1.165, 1.54) is 51.6 Å². The van der Waals surface area contributed by atoms with Crippen LogP contribution in [0.15, 0.2) is 0 Å².